The molecule has 0 aliphatic heterocycles. The Kier molecular flexibility index (Phi) is 36.2. The molecule has 0 saturated heterocycles. The largest absolute Gasteiger partial charge is 0.450 e. The fourth-order valence-electron chi connectivity index (χ4n) is 5.64. The van der Waals surface area contributed by atoms with Gasteiger partial charge in [-0.05, 0) is 91.1 Å². The molecule has 0 aliphatic carbocycles. The number of alkyl carbamates (subject to hydrolysis) is 1. The summed E-state index contributed by atoms with van der Waals surface area (Å²) >= 11 is 0. The highest BCUT2D eigenvalue weighted by atomic mass is 16.5. The molecule has 0 radical (unpaired) electrons. The van der Waals surface area contributed by atoms with Gasteiger partial charge in [-0.1, -0.05) is 152 Å². The van der Waals surface area contributed by atoms with E-state index in [1.165, 1.54) is 141 Å². The summed E-state index contributed by atoms with van der Waals surface area (Å²) in [6.45, 7) is 5.95. The Bertz CT molecular complexity index is 740. The van der Waals surface area contributed by atoms with Crippen LogP contribution in [0.2, 0.25) is 0 Å². The molecule has 1 N–H and O–H groups in total. The Labute approximate surface area is 288 Å². The molecule has 0 aromatic heterocycles. The van der Waals surface area contributed by atoms with Gasteiger partial charge in [0.2, 0.25) is 0 Å². The third-order valence-electron chi connectivity index (χ3n) is 8.59. The molecule has 0 spiro atoms. The van der Waals surface area contributed by atoms with Crippen molar-refractivity contribution < 1.29 is 9.53 Å². The monoisotopic (exact) mass is 643 g/mol. The van der Waals surface area contributed by atoms with Gasteiger partial charge in [0.25, 0.3) is 0 Å². The Morgan fingerprint density at radius 3 is 1.48 bits per heavy atom. The molecule has 0 aliphatic rings. The van der Waals surface area contributed by atoms with Crippen molar-refractivity contribution in [3.63, 3.8) is 0 Å². The van der Waals surface area contributed by atoms with Crippen LogP contribution >= 0.6 is 0 Å². The van der Waals surface area contributed by atoms with Gasteiger partial charge in [-0.15, -0.1) is 0 Å². The summed E-state index contributed by atoms with van der Waals surface area (Å²) in [5.74, 6) is 0. The van der Waals surface area contributed by atoms with E-state index in [1.807, 2.05) is 0 Å². The van der Waals surface area contributed by atoms with Crippen LogP contribution in [0.25, 0.3) is 0 Å². The highest BCUT2D eigenvalue weighted by Crippen LogP contribution is 2.16. The van der Waals surface area contributed by atoms with Crippen molar-refractivity contribution in [1.29, 1.82) is 0 Å². The Morgan fingerprint density at radius 2 is 1.00 bits per heavy atom. The van der Waals surface area contributed by atoms with E-state index in [-0.39, 0.29) is 12.1 Å². The molecule has 268 valence electrons. The maximum Gasteiger partial charge on any atom is 0.407 e. The number of amides is 1. The predicted octanol–water partition coefficient (Wildman–Crippen LogP) is 13.0. The van der Waals surface area contributed by atoms with Crippen LogP contribution in [-0.4, -0.2) is 44.3 Å². The Hall–Kier alpha value is -1.81. The number of nitrogens with one attached hydrogen (secondary N) is 1. The molecule has 4 nitrogen and oxygen atoms in total. The number of ether oxygens (including phenoxy) is 1. The lowest BCUT2D eigenvalue weighted by Gasteiger charge is -2.19. The zero-order chi connectivity index (χ0) is 33.6. The third-order valence-corrected chi connectivity index (χ3v) is 8.59. The Balaban J connectivity index is 4.07. The lowest BCUT2D eigenvalue weighted by molar-refractivity contribution is 0.136. The average molecular weight is 643 g/mol. The second-order valence-electron chi connectivity index (χ2n) is 13.6. The minimum absolute atomic E-state index is 0.229. The van der Waals surface area contributed by atoms with Gasteiger partial charge in [0.15, 0.2) is 0 Å². The molecule has 46 heavy (non-hydrogen) atoms. The van der Waals surface area contributed by atoms with E-state index >= 15 is 0 Å². The second-order valence-corrected chi connectivity index (χ2v) is 13.6. The van der Waals surface area contributed by atoms with E-state index < -0.39 is 0 Å². The quantitative estimate of drug-likeness (QED) is 0.0431. The first-order valence-electron chi connectivity index (χ1n) is 19.8. The zero-order valence-electron chi connectivity index (χ0n) is 31.3. The zero-order valence-corrected chi connectivity index (χ0v) is 31.3. The minimum atomic E-state index is -0.229. The normalized spacial score (nSPS) is 12.9. The summed E-state index contributed by atoms with van der Waals surface area (Å²) in [4.78, 5) is 14.6. The first-order valence-corrected chi connectivity index (χ1v) is 19.8. The van der Waals surface area contributed by atoms with Crippen molar-refractivity contribution in [2.75, 3.05) is 27.2 Å². The number of carbonyl (C=O) groups is 1. The molecule has 4 heteroatoms. The molecule has 0 rings (SSSR count). The van der Waals surface area contributed by atoms with Crippen molar-refractivity contribution in [2.45, 2.75) is 187 Å². The third kappa shape index (κ3) is 36.7. The van der Waals surface area contributed by atoms with E-state index in [2.05, 4.69) is 86.8 Å². The van der Waals surface area contributed by atoms with Gasteiger partial charge < -0.3 is 15.0 Å². The predicted molar refractivity (Wildman–Crippen MR) is 205 cm³/mol. The number of hydrogen-bond donors (Lipinski definition) is 1. The standard InChI is InChI=1S/C42H78N2O2/c1-5-7-9-11-13-15-17-19-21-23-25-27-29-31-33-35-38-41(43-42(45)46-40-36-39-44(3)4)37-34-32-30-28-26-24-22-20-18-16-14-12-10-8-6-2/h13-16,18-21,41H,5-12,17,22-40H2,1-4H3,(H,43,45)/b15-13-,16-14+,20-18-,21-19-. The van der Waals surface area contributed by atoms with Crippen molar-refractivity contribution in [2.24, 2.45) is 0 Å². The van der Waals surface area contributed by atoms with Crippen LogP contribution in [0.15, 0.2) is 48.6 Å². The van der Waals surface area contributed by atoms with Gasteiger partial charge in [0, 0.05) is 12.6 Å². The van der Waals surface area contributed by atoms with Crippen LogP contribution in [0.3, 0.4) is 0 Å². The van der Waals surface area contributed by atoms with Crippen molar-refractivity contribution in [3.8, 4) is 0 Å². The summed E-state index contributed by atoms with van der Waals surface area (Å²) in [6, 6.07) is 0.243. The number of nitrogens with zero attached hydrogens (tertiary/aromatic N) is 1. The van der Waals surface area contributed by atoms with Crippen LogP contribution in [0.1, 0.15) is 181 Å². The molecule has 1 amide bonds. The van der Waals surface area contributed by atoms with Gasteiger partial charge >= 0.3 is 6.09 Å². The van der Waals surface area contributed by atoms with E-state index in [4.69, 9.17) is 4.74 Å². The van der Waals surface area contributed by atoms with E-state index in [9.17, 15) is 4.79 Å². The molecular formula is C42H78N2O2. The van der Waals surface area contributed by atoms with E-state index in [1.54, 1.807) is 0 Å². The van der Waals surface area contributed by atoms with Crippen LogP contribution in [-0.2, 0) is 4.74 Å². The van der Waals surface area contributed by atoms with Gasteiger partial charge in [-0.3, -0.25) is 0 Å². The molecule has 0 heterocycles. The first kappa shape index (κ1) is 44.2. The number of rotatable bonds is 34. The van der Waals surface area contributed by atoms with Gasteiger partial charge in [-0.25, -0.2) is 4.79 Å². The number of unbranched alkanes of at least 4 members (excludes halogenated alkanes) is 18. The first-order chi connectivity index (χ1) is 22.6. The molecule has 0 bridgehead atoms. The van der Waals surface area contributed by atoms with Gasteiger partial charge in [0.1, 0.15) is 0 Å². The van der Waals surface area contributed by atoms with Crippen LogP contribution in [0, 0.1) is 0 Å². The summed E-state index contributed by atoms with van der Waals surface area (Å²) in [6.07, 6.45) is 50.4. The van der Waals surface area contributed by atoms with E-state index in [0.29, 0.717) is 6.61 Å². The molecule has 0 fully saturated rings. The van der Waals surface area contributed by atoms with E-state index in [0.717, 1.165) is 32.2 Å². The summed E-state index contributed by atoms with van der Waals surface area (Å²) in [5, 5.41) is 3.21. The van der Waals surface area contributed by atoms with Crippen LogP contribution < -0.4 is 5.32 Å². The summed E-state index contributed by atoms with van der Waals surface area (Å²) < 4.78 is 5.49. The number of allylic oxidation sites excluding steroid dienone is 8. The molecule has 0 saturated carbocycles. The van der Waals surface area contributed by atoms with Crippen molar-refractivity contribution >= 4 is 6.09 Å². The highest BCUT2D eigenvalue weighted by molar-refractivity contribution is 5.67. The van der Waals surface area contributed by atoms with Crippen molar-refractivity contribution in [3.05, 3.63) is 48.6 Å². The topological polar surface area (TPSA) is 41.6 Å². The molecular weight excluding hydrogens is 564 g/mol. The molecule has 1 atom stereocenters. The van der Waals surface area contributed by atoms with Crippen LogP contribution in [0.4, 0.5) is 4.79 Å². The summed E-state index contributed by atoms with van der Waals surface area (Å²) in [5.41, 5.74) is 0. The number of hydrogen-bond acceptors (Lipinski definition) is 3. The second kappa shape index (κ2) is 37.6. The maximum atomic E-state index is 12.5. The molecule has 1 unspecified atom stereocenters. The molecule has 0 aromatic carbocycles. The van der Waals surface area contributed by atoms with Crippen molar-refractivity contribution in [1.82, 2.24) is 10.2 Å². The fraction of sp³-hybridized carbons (Fsp3) is 0.786. The van der Waals surface area contributed by atoms with Gasteiger partial charge in [0.05, 0.1) is 6.61 Å². The highest BCUT2D eigenvalue weighted by Gasteiger charge is 2.13. The SMILES string of the molecule is CCCCC/C=C\C/C=C\CCCCCCCCC(CCCCCCCC/C=C\C=C\CCCCC)NC(=O)OCCCN(C)C. The van der Waals surface area contributed by atoms with Gasteiger partial charge in [-0.2, -0.15) is 0 Å². The van der Waals surface area contributed by atoms with Crippen LogP contribution in [0.5, 0.6) is 0 Å². The molecule has 0 aromatic rings. The summed E-state index contributed by atoms with van der Waals surface area (Å²) in [7, 11) is 4.10. The smallest absolute Gasteiger partial charge is 0.407 e. The average Bonchev–Trinajstić information content (AvgIpc) is 3.04. The number of carbonyl (C=O) groups excluding carboxylic acids is 1. The minimum Gasteiger partial charge on any atom is -0.450 e. The maximum absolute atomic E-state index is 12.5. The Morgan fingerprint density at radius 1 is 0.565 bits per heavy atom. The fourth-order valence-corrected chi connectivity index (χ4v) is 5.64. The lowest BCUT2D eigenvalue weighted by atomic mass is 10.00. The lowest BCUT2D eigenvalue weighted by Crippen LogP contribution is -2.35.